The van der Waals surface area contributed by atoms with E-state index in [9.17, 15) is 13.2 Å². The van der Waals surface area contributed by atoms with Crippen LogP contribution in [-0.2, 0) is 6.18 Å². The third-order valence-electron chi connectivity index (χ3n) is 4.00. The Morgan fingerprint density at radius 1 is 1.20 bits per heavy atom. The van der Waals surface area contributed by atoms with Gasteiger partial charge in [-0.05, 0) is 42.2 Å². The molecule has 130 valence electrons. The number of alkyl halides is 3. The number of thioether (sulfide) groups is 1. The van der Waals surface area contributed by atoms with Gasteiger partial charge in [-0.3, -0.25) is 4.98 Å². The molecule has 25 heavy (non-hydrogen) atoms. The second-order valence-corrected chi connectivity index (χ2v) is 8.17. The number of rotatable bonds is 4. The zero-order valence-electron chi connectivity index (χ0n) is 13.3. The number of pyridine rings is 2. The van der Waals surface area contributed by atoms with Gasteiger partial charge in [0.25, 0.3) is 0 Å². The van der Waals surface area contributed by atoms with E-state index in [-0.39, 0.29) is 5.52 Å². The van der Waals surface area contributed by atoms with Crippen LogP contribution in [0.4, 0.5) is 13.2 Å². The lowest BCUT2D eigenvalue weighted by molar-refractivity contribution is -0.137. The van der Waals surface area contributed by atoms with Crippen LogP contribution in [0.1, 0.15) is 36.8 Å². The number of thiazole rings is 1. The monoisotopic (exact) mass is 381 g/mol. The van der Waals surface area contributed by atoms with Crippen LogP contribution in [0.5, 0.6) is 0 Å². The van der Waals surface area contributed by atoms with E-state index in [4.69, 9.17) is 0 Å². The van der Waals surface area contributed by atoms with Crippen LogP contribution >= 0.6 is 23.1 Å². The topological polar surface area (TPSA) is 38.7 Å². The second kappa shape index (κ2) is 6.25. The van der Waals surface area contributed by atoms with Gasteiger partial charge in [0.1, 0.15) is 21.0 Å². The summed E-state index contributed by atoms with van der Waals surface area (Å²) in [6.07, 6.45) is 0.701. The molecule has 3 aromatic heterocycles. The van der Waals surface area contributed by atoms with Crippen molar-refractivity contribution in [1.29, 1.82) is 0 Å². The number of hydrogen-bond acceptors (Lipinski definition) is 5. The van der Waals surface area contributed by atoms with Gasteiger partial charge in [-0.2, -0.15) is 13.2 Å². The van der Waals surface area contributed by atoms with Gasteiger partial charge in [-0.15, -0.1) is 11.8 Å². The molecule has 1 aliphatic rings. The molecule has 3 nitrogen and oxygen atoms in total. The Hall–Kier alpha value is -1.67. The summed E-state index contributed by atoms with van der Waals surface area (Å²) in [5, 5.41) is 0.611. The molecule has 0 saturated heterocycles. The molecule has 0 unspecified atom stereocenters. The molecule has 1 fully saturated rings. The van der Waals surface area contributed by atoms with Gasteiger partial charge in [0.05, 0.1) is 5.56 Å². The van der Waals surface area contributed by atoms with E-state index in [2.05, 4.69) is 27.9 Å². The molecular formula is C17H14F3N3S2. The summed E-state index contributed by atoms with van der Waals surface area (Å²) in [5.74, 6) is 1.49. The van der Waals surface area contributed by atoms with Gasteiger partial charge in [-0.1, -0.05) is 18.3 Å². The Labute approximate surface area is 150 Å². The van der Waals surface area contributed by atoms with Crippen molar-refractivity contribution in [3.05, 3.63) is 35.7 Å². The minimum Gasteiger partial charge on any atom is -0.252 e. The van der Waals surface area contributed by atoms with Gasteiger partial charge in [0.2, 0.25) is 0 Å². The lowest BCUT2D eigenvalue weighted by Gasteiger charge is -2.07. The van der Waals surface area contributed by atoms with Crippen LogP contribution in [0.25, 0.3) is 21.0 Å². The zero-order valence-corrected chi connectivity index (χ0v) is 14.9. The average Bonchev–Trinajstić information content (AvgIpc) is 3.33. The maximum atomic E-state index is 12.9. The van der Waals surface area contributed by atoms with Crippen molar-refractivity contribution < 1.29 is 13.2 Å². The first-order chi connectivity index (χ1) is 12.0. The minimum atomic E-state index is -4.42. The Bertz CT molecular complexity index is 933. The standard InChI is InChI=1S/C17H14F3N3S2/c1-2-24-13-5-10(9-3-4-9)7-21-14(13)16-23-12-6-11(17(18,19)20)8-22-15(12)25-16/h5-9H,2-4H2,1H3. The first-order valence-electron chi connectivity index (χ1n) is 7.92. The smallest absolute Gasteiger partial charge is 0.252 e. The Morgan fingerprint density at radius 2 is 2.00 bits per heavy atom. The molecule has 0 amide bonds. The van der Waals surface area contributed by atoms with Crippen molar-refractivity contribution in [3.63, 3.8) is 0 Å². The summed E-state index contributed by atoms with van der Waals surface area (Å²) >= 11 is 2.95. The SMILES string of the molecule is CCSc1cc(C2CC2)cnc1-c1nc2cc(C(F)(F)F)cnc2s1. The Kier molecular flexibility index (Phi) is 4.19. The van der Waals surface area contributed by atoms with Crippen LogP contribution in [0.15, 0.2) is 29.4 Å². The van der Waals surface area contributed by atoms with E-state index < -0.39 is 11.7 Å². The quantitative estimate of drug-likeness (QED) is 0.539. The third-order valence-corrected chi connectivity index (χ3v) is 5.90. The fraction of sp³-hybridized carbons (Fsp3) is 0.353. The summed E-state index contributed by atoms with van der Waals surface area (Å²) < 4.78 is 38.6. The van der Waals surface area contributed by atoms with E-state index in [0.29, 0.717) is 15.8 Å². The Morgan fingerprint density at radius 3 is 2.68 bits per heavy atom. The fourth-order valence-electron chi connectivity index (χ4n) is 2.61. The summed E-state index contributed by atoms with van der Waals surface area (Å²) in [6.45, 7) is 2.06. The predicted molar refractivity (Wildman–Crippen MR) is 94.0 cm³/mol. The molecule has 0 bridgehead atoms. The molecule has 4 rings (SSSR count). The van der Waals surface area contributed by atoms with Gasteiger partial charge >= 0.3 is 6.18 Å². The van der Waals surface area contributed by atoms with Crippen LogP contribution in [0.3, 0.4) is 0 Å². The summed E-state index contributed by atoms with van der Waals surface area (Å²) in [5.41, 5.74) is 1.44. The fourth-order valence-corrected chi connectivity index (χ4v) is 4.39. The second-order valence-electron chi connectivity index (χ2n) is 5.89. The third kappa shape index (κ3) is 3.37. The zero-order chi connectivity index (χ0) is 17.6. The first-order valence-corrected chi connectivity index (χ1v) is 9.73. The van der Waals surface area contributed by atoms with Crippen molar-refractivity contribution in [2.24, 2.45) is 0 Å². The van der Waals surface area contributed by atoms with E-state index in [1.807, 2.05) is 6.20 Å². The maximum Gasteiger partial charge on any atom is 0.417 e. The molecule has 0 radical (unpaired) electrons. The molecule has 0 N–H and O–H groups in total. The van der Waals surface area contributed by atoms with Crippen molar-refractivity contribution >= 4 is 33.4 Å². The van der Waals surface area contributed by atoms with Gasteiger partial charge in [0.15, 0.2) is 0 Å². The molecule has 0 atom stereocenters. The van der Waals surface area contributed by atoms with Gasteiger partial charge in [-0.25, -0.2) is 9.97 Å². The maximum absolute atomic E-state index is 12.9. The van der Waals surface area contributed by atoms with Crippen LogP contribution in [0, 0.1) is 0 Å². The Balaban J connectivity index is 1.78. The number of fused-ring (bicyclic) bond motifs is 1. The number of aromatic nitrogens is 3. The number of hydrogen-bond donors (Lipinski definition) is 0. The van der Waals surface area contributed by atoms with Crippen LogP contribution < -0.4 is 0 Å². The predicted octanol–water partition coefficient (Wildman–Crippen LogP) is 5.76. The summed E-state index contributed by atoms with van der Waals surface area (Å²) in [6, 6.07) is 3.20. The van der Waals surface area contributed by atoms with Crippen molar-refractivity contribution in [1.82, 2.24) is 15.0 Å². The molecule has 0 aromatic carbocycles. The molecule has 1 saturated carbocycles. The van der Waals surface area contributed by atoms with Crippen LogP contribution in [0.2, 0.25) is 0 Å². The van der Waals surface area contributed by atoms with Crippen molar-refractivity contribution in [2.45, 2.75) is 36.8 Å². The van der Waals surface area contributed by atoms with E-state index in [1.165, 1.54) is 29.7 Å². The van der Waals surface area contributed by atoms with E-state index in [0.717, 1.165) is 28.6 Å². The van der Waals surface area contributed by atoms with Crippen molar-refractivity contribution in [3.8, 4) is 10.7 Å². The lowest BCUT2D eigenvalue weighted by atomic mass is 10.2. The normalized spacial score (nSPS) is 15.0. The highest BCUT2D eigenvalue weighted by Gasteiger charge is 2.31. The molecule has 0 aliphatic heterocycles. The lowest BCUT2D eigenvalue weighted by Crippen LogP contribution is -2.04. The minimum absolute atomic E-state index is 0.260. The summed E-state index contributed by atoms with van der Waals surface area (Å²) in [7, 11) is 0. The van der Waals surface area contributed by atoms with Gasteiger partial charge < -0.3 is 0 Å². The molecule has 8 heteroatoms. The molecular weight excluding hydrogens is 367 g/mol. The first kappa shape index (κ1) is 16.8. The number of nitrogens with zero attached hydrogens (tertiary/aromatic N) is 3. The van der Waals surface area contributed by atoms with E-state index in [1.54, 1.807) is 11.8 Å². The largest absolute Gasteiger partial charge is 0.417 e. The highest BCUT2D eigenvalue weighted by molar-refractivity contribution is 7.99. The molecule has 1 aliphatic carbocycles. The number of halogens is 3. The highest BCUT2D eigenvalue weighted by atomic mass is 32.2. The van der Waals surface area contributed by atoms with Gasteiger partial charge in [0, 0.05) is 17.3 Å². The van der Waals surface area contributed by atoms with E-state index >= 15 is 0 Å². The average molecular weight is 381 g/mol. The summed E-state index contributed by atoms with van der Waals surface area (Å²) in [4.78, 5) is 14.4. The van der Waals surface area contributed by atoms with Crippen molar-refractivity contribution in [2.75, 3.05) is 5.75 Å². The molecule has 3 aromatic rings. The van der Waals surface area contributed by atoms with Crippen LogP contribution in [-0.4, -0.2) is 20.7 Å². The highest BCUT2D eigenvalue weighted by Crippen LogP contribution is 2.43. The molecule has 3 heterocycles. The molecule has 0 spiro atoms.